The molecule has 19 heavy (non-hydrogen) atoms. The second kappa shape index (κ2) is 13.4. The van der Waals surface area contributed by atoms with Crippen LogP contribution in [-0.4, -0.2) is 0 Å². The van der Waals surface area contributed by atoms with E-state index in [1.807, 2.05) is 18.2 Å². The van der Waals surface area contributed by atoms with Gasteiger partial charge in [-0.1, -0.05) is 87.6 Å². The zero-order valence-corrected chi connectivity index (χ0v) is 13.4. The van der Waals surface area contributed by atoms with E-state index >= 15 is 0 Å². The summed E-state index contributed by atoms with van der Waals surface area (Å²) < 4.78 is 0. The Kier molecular flexibility index (Phi) is 12.7. The smallest absolute Gasteiger partial charge is 0.0351 e. The highest BCUT2D eigenvalue weighted by Crippen LogP contribution is 2.10. The van der Waals surface area contributed by atoms with Crippen LogP contribution in [0.1, 0.15) is 64.9 Å². The molecule has 0 fully saturated rings. The number of hydrogen-bond donors (Lipinski definition) is 0. The fraction of sp³-hybridized carbons (Fsp3) is 0.579. The molecule has 0 nitrogen and oxygen atoms in total. The molecule has 0 amide bonds. The van der Waals surface area contributed by atoms with Gasteiger partial charge in [0.05, 0.1) is 0 Å². The van der Waals surface area contributed by atoms with Crippen molar-refractivity contribution < 1.29 is 0 Å². The lowest BCUT2D eigenvalue weighted by Gasteiger charge is -2.02. The molecule has 0 atom stereocenters. The fourth-order valence-corrected chi connectivity index (χ4v) is 1.87. The molecular formula is C19H32. The quantitative estimate of drug-likeness (QED) is 0.385. The maximum absolute atomic E-state index is 2.31. The molecule has 0 heterocycles. The van der Waals surface area contributed by atoms with Crippen LogP contribution in [0, 0.1) is 12.8 Å². The molecule has 0 N–H and O–H groups in total. The molecule has 0 aliphatic heterocycles. The molecule has 0 saturated carbocycles. The van der Waals surface area contributed by atoms with Crippen LogP contribution in [0.4, 0.5) is 0 Å². The van der Waals surface area contributed by atoms with Crippen molar-refractivity contribution in [3.63, 3.8) is 0 Å². The van der Waals surface area contributed by atoms with Gasteiger partial charge in [0.2, 0.25) is 0 Å². The van der Waals surface area contributed by atoms with Gasteiger partial charge in [-0.15, -0.1) is 0 Å². The van der Waals surface area contributed by atoms with Crippen molar-refractivity contribution in [3.05, 3.63) is 48.0 Å². The molecule has 0 radical (unpaired) electrons. The SMILES string of the molecule is C/C=C\CCCCCCC(C)C.Cc1ccccc1. The van der Waals surface area contributed by atoms with Crippen molar-refractivity contribution in [3.8, 4) is 0 Å². The number of allylic oxidation sites excluding steroid dienone is 2. The van der Waals surface area contributed by atoms with E-state index in [1.54, 1.807) is 0 Å². The lowest BCUT2D eigenvalue weighted by Crippen LogP contribution is -1.86. The fourth-order valence-electron chi connectivity index (χ4n) is 1.87. The molecule has 0 unspecified atom stereocenters. The van der Waals surface area contributed by atoms with Crippen LogP contribution in [0.2, 0.25) is 0 Å². The summed E-state index contributed by atoms with van der Waals surface area (Å²) in [6.07, 6.45) is 12.7. The van der Waals surface area contributed by atoms with E-state index in [2.05, 4.69) is 52.0 Å². The number of unbranched alkanes of at least 4 members (excludes halogenated alkanes) is 4. The lowest BCUT2D eigenvalue weighted by atomic mass is 10.0. The Morgan fingerprint density at radius 1 is 0.947 bits per heavy atom. The Hall–Kier alpha value is -1.04. The third-order valence-corrected chi connectivity index (χ3v) is 3.08. The Balaban J connectivity index is 0.000000388. The van der Waals surface area contributed by atoms with Crippen molar-refractivity contribution in [2.75, 3.05) is 0 Å². The van der Waals surface area contributed by atoms with Crippen LogP contribution in [-0.2, 0) is 0 Å². The summed E-state index contributed by atoms with van der Waals surface area (Å²) in [6.45, 7) is 8.79. The van der Waals surface area contributed by atoms with Crippen LogP contribution in [0.25, 0.3) is 0 Å². The minimum atomic E-state index is 0.889. The molecule has 1 aromatic carbocycles. The molecule has 0 spiro atoms. The van der Waals surface area contributed by atoms with Gasteiger partial charge in [0, 0.05) is 0 Å². The normalized spacial score (nSPS) is 10.6. The molecule has 0 heteroatoms. The van der Waals surface area contributed by atoms with Crippen molar-refractivity contribution in [2.45, 2.75) is 66.2 Å². The summed E-state index contributed by atoms with van der Waals surface area (Å²) >= 11 is 0. The standard InChI is InChI=1S/C12H24.C7H8/c1-4-5-6-7-8-9-10-11-12(2)3;1-7-5-3-2-4-6-7/h4-5,12H,6-11H2,1-3H3;2-6H,1H3/b5-4-;. The van der Waals surface area contributed by atoms with Crippen LogP contribution >= 0.6 is 0 Å². The first-order valence-corrected chi connectivity index (χ1v) is 7.79. The summed E-state index contributed by atoms with van der Waals surface area (Å²) in [5.74, 6) is 0.889. The number of rotatable bonds is 7. The monoisotopic (exact) mass is 260 g/mol. The summed E-state index contributed by atoms with van der Waals surface area (Å²) in [6, 6.07) is 10.3. The molecule has 0 aliphatic carbocycles. The lowest BCUT2D eigenvalue weighted by molar-refractivity contribution is 0.521. The van der Waals surface area contributed by atoms with Gasteiger partial charge in [0.25, 0.3) is 0 Å². The highest BCUT2D eigenvalue weighted by atomic mass is 14.0. The molecule has 108 valence electrons. The zero-order valence-electron chi connectivity index (χ0n) is 13.4. The maximum Gasteiger partial charge on any atom is -0.0351 e. The van der Waals surface area contributed by atoms with E-state index in [4.69, 9.17) is 0 Å². The molecule has 1 rings (SSSR count). The first kappa shape index (κ1) is 18.0. The van der Waals surface area contributed by atoms with Crippen LogP contribution in [0.3, 0.4) is 0 Å². The third-order valence-electron chi connectivity index (χ3n) is 3.08. The second-order valence-corrected chi connectivity index (χ2v) is 5.61. The van der Waals surface area contributed by atoms with Crippen LogP contribution in [0.15, 0.2) is 42.5 Å². The van der Waals surface area contributed by atoms with Gasteiger partial charge in [-0.25, -0.2) is 0 Å². The molecular weight excluding hydrogens is 228 g/mol. The van der Waals surface area contributed by atoms with E-state index in [9.17, 15) is 0 Å². The molecule has 1 aromatic rings. The van der Waals surface area contributed by atoms with E-state index in [0.717, 1.165) is 5.92 Å². The predicted octanol–water partition coefficient (Wildman–Crippen LogP) is 6.55. The summed E-state index contributed by atoms with van der Waals surface area (Å²) in [7, 11) is 0. The second-order valence-electron chi connectivity index (χ2n) is 5.61. The molecule has 0 saturated heterocycles. The highest BCUT2D eigenvalue weighted by molar-refractivity contribution is 5.11. The van der Waals surface area contributed by atoms with Gasteiger partial charge in [-0.05, 0) is 32.6 Å². The van der Waals surface area contributed by atoms with Crippen molar-refractivity contribution in [1.29, 1.82) is 0 Å². The minimum absolute atomic E-state index is 0.889. The van der Waals surface area contributed by atoms with Crippen LogP contribution < -0.4 is 0 Å². The van der Waals surface area contributed by atoms with Crippen molar-refractivity contribution >= 4 is 0 Å². The molecule has 0 aliphatic rings. The van der Waals surface area contributed by atoms with Gasteiger partial charge in [-0.2, -0.15) is 0 Å². The predicted molar refractivity (Wildman–Crippen MR) is 88.5 cm³/mol. The molecule has 0 bridgehead atoms. The molecule has 0 aromatic heterocycles. The Bertz CT molecular complexity index is 295. The van der Waals surface area contributed by atoms with Crippen molar-refractivity contribution in [2.24, 2.45) is 5.92 Å². The summed E-state index contributed by atoms with van der Waals surface area (Å²) in [5.41, 5.74) is 1.32. The van der Waals surface area contributed by atoms with Crippen LogP contribution in [0.5, 0.6) is 0 Å². The minimum Gasteiger partial charge on any atom is -0.0917 e. The Labute approximate surface area is 120 Å². The Morgan fingerprint density at radius 2 is 1.58 bits per heavy atom. The Morgan fingerprint density at radius 3 is 2.05 bits per heavy atom. The average molecular weight is 260 g/mol. The first-order valence-electron chi connectivity index (χ1n) is 7.79. The largest absolute Gasteiger partial charge is 0.0917 e. The number of aryl methyl sites for hydroxylation is 1. The summed E-state index contributed by atoms with van der Waals surface area (Å²) in [5, 5.41) is 0. The first-order chi connectivity index (χ1) is 9.16. The van der Waals surface area contributed by atoms with Gasteiger partial charge in [0.15, 0.2) is 0 Å². The van der Waals surface area contributed by atoms with Gasteiger partial charge in [-0.3, -0.25) is 0 Å². The van der Waals surface area contributed by atoms with E-state index in [1.165, 1.54) is 44.1 Å². The number of hydrogen-bond acceptors (Lipinski definition) is 0. The van der Waals surface area contributed by atoms with Crippen molar-refractivity contribution in [1.82, 2.24) is 0 Å². The van der Waals surface area contributed by atoms with E-state index in [-0.39, 0.29) is 0 Å². The third kappa shape index (κ3) is 14.9. The highest BCUT2D eigenvalue weighted by Gasteiger charge is 1.93. The van der Waals surface area contributed by atoms with Gasteiger partial charge >= 0.3 is 0 Å². The average Bonchev–Trinajstić information content (AvgIpc) is 2.39. The van der Waals surface area contributed by atoms with E-state index in [0.29, 0.717) is 0 Å². The maximum atomic E-state index is 2.31. The summed E-state index contributed by atoms with van der Waals surface area (Å²) in [4.78, 5) is 0. The topological polar surface area (TPSA) is 0 Å². The van der Waals surface area contributed by atoms with Gasteiger partial charge < -0.3 is 0 Å². The zero-order chi connectivity index (χ0) is 14.3. The van der Waals surface area contributed by atoms with Gasteiger partial charge in [0.1, 0.15) is 0 Å². The number of benzene rings is 1. The van der Waals surface area contributed by atoms with E-state index < -0.39 is 0 Å².